The normalized spacial score (nSPS) is 11.5. The summed E-state index contributed by atoms with van der Waals surface area (Å²) in [6, 6.07) is 25.9. The van der Waals surface area contributed by atoms with E-state index in [2.05, 4.69) is 16.4 Å². The molecule has 3 aromatic carbocycles. The third-order valence-corrected chi connectivity index (χ3v) is 8.52. The maximum Gasteiger partial charge on any atom is 0.272 e. The predicted octanol–water partition coefficient (Wildman–Crippen LogP) is 5.74. The van der Waals surface area contributed by atoms with Crippen LogP contribution in [0.2, 0.25) is 0 Å². The number of amides is 1. The number of hydrogen-bond donors (Lipinski definition) is 2. The predicted molar refractivity (Wildman–Crippen MR) is 152 cm³/mol. The summed E-state index contributed by atoms with van der Waals surface area (Å²) in [6.45, 7) is 0.946. The fraction of sp³-hybridized carbons (Fsp3) is 0.138. The van der Waals surface area contributed by atoms with Gasteiger partial charge in [0.15, 0.2) is 5.16 Å². The van der Waals surface area contributed by atoms with E-state index in [1.165, 1.54) is 23.1 Å². The molecule has 8 heteroatoms. The molecule has 6 aromatic rings. The van der Waals surface area contributed by atoms with Crippen LogP contribution in [-0.4, -0.2) is 26.2 Å². The van der Waals surface area contributed by atoms with E-state index in [-0.39, 0.29) is 17.2 Å². The van der Waals surface area contributed by atoms with Gasteiger partial charge in [-0.05, 0) is 29.7 Å². The number of H-pyrrole nitrogens is 1. The van der Waals surface area contributed by atoms with E-state index in [0.29, 0.717) is 34.9 Å². The number of thiophene rings is 1. The van der Waals surface area contributed by atoms with Gasteiger partial charge < -0.3 is 10.3 Å². The zero-order valence-corrected chi connectivity index (χ0v) is 21.6. The zero-order chi connectivity index (χ0) is 25.2. The molecule has 37 heavy (non-hydrogen) atoms. The van der Waals surface area contributed by atoms with Crippen LogP contribution in [0.3, 0.4) is 0 Å². The van der Waals surface area contributed by atoms with Crippen LogP contribution in [0.25, 0.3) is 31.2 Å². The summed E-state index contributed by atoms with van der Waals surface area (Å²) in [6.07, 6.45) is 2.68. The number of hydrogen-bond acceptors (Lipinski definition) is 5. The van der Waals surface area contributed by atoms with Crippen molar-refractivity contribution in [1.82, 2.24) is 19.9 Å². The third kappa shape index (κ3) is 4.77. The lowest BCUT2D eigenvalue weighted by atomic mass is 10.1. The average molecular weight is 525 g/mol. The first-order valence-corrected chi connectivity index (χ1v) is 13.9. The highest BCUT2D eigenvalue weighted by atomic mass is 32.2. The van der Waals surface area contributed by atoms with Gasteiger partial charge in [0.1, 0.15) is 4.70 Å². The van der Waals surface area contributed by atoms with Gasteiger partial charge in [0.25, 0.3) is 5.56 Å². The maximum absolute atomic E-state index is 13.7. The molecule has 0 unspecified atom stereocenters. The van der Waals surface area contributed by atoms with Crippen molar-refractivity contribution in [3.05, 3.63) is 107 Å². The number of aromatic amines is 1. The van der Waals surface area contributed by atoms with Gasteiger partial charge in [-0.1, -0.05) is 78.5 Å². The van der Waals surface area contributed by atoms with Gasteiger partial charge in [0, 0.05) is 40.3 Å². The molecule has 6 nitrogen and oxygen atoms in total. The number of carbonyl (C=O) groups is 1. The Hall–Kier alpha value is -3.88. The molecule has 0 spiro atoms. The summed E-state index contributed by atoms with van der Waals surface area (Å²) >= 11 is 2.79. The van der Waals surface area contributed by atoms with E-state index < -0.39 is 0 Å². The Morgan fingerprint density at radius 3 is 2.59 bits per heavy atom. The SMILES string of the molecule is O=C(CSc1nc2c(sc3ccccc32)c(=O)n1CCc1c[nH]c2ccccc12)NCc1ccccc1. The highest BCUT2D eigenvalue weighted by molar-refractivity contribution is 7.99. The number of nitrogens with one attached hydrogen (secondary N) is 2. The minimum absolute atomic E-state index is 0.0572. The molecule has 0 aliphatic carbocycles. The maximum atomic E-state index is 13.7. The van der Waals surface area contributed by atoms with Crippen LogP contribution in [0.5, 0.6) is 0 Å². The van der Waals surface area contributed by atoms with Crippen LogP contribution < -0.4 is 10.9 Å². The molecule has 0 fully saturated rings. The van der Waals surface area contributed by atoms with E-state index in [1.807, 2.05) is 79.0 Å². The van der Waals surface area contributed by atoms with Crippen molar-refractivity contribution in [2.75, 3.05) is 5.75 Å². The number of aryl methyl sites for hydroxylation is 1. The number of thioether (sulfide) groups is 1. The van der Waals surface area contributed by atoms with Gasteiger partial charge >= 0.3 is 0 Å². The van der Waals surface area contributed by atoms with Crippen LogP contribution in [0.1, 0.15) is 11.1 Å². The van der Waals surface area contributed by atoms with Crippen molar-refractivity contribution >= 4 is 60.2 Å². The summed E-state index contributed by atoms with van der Waals surface area (Å²) in [5, 5.41) is 5.65. The number of para-hydroxylation sites is 1. The van der Waals surface area contributed by atoms with E-state index in [0.717, 1.165) is 32.1 Å². The molecular formula is C29H24N4O2S2. The highest BCUT2D eigenvalue weighted by Gasteiger charge is 2.18. The van der Waals surface area contributed by atoms with Gasteiger partial charge in [-0.15, -0.1) is 11.3 Å². The fourth-order valence-corrected chi connectivity index (χ4v) is 6.45. The van der Waals surface area contributed by atoms with E-state index in [9.17, 15) is 9.59 Å². The molecule has 1 amide bonds. The van der Waals surface area contributed by atoms with Crippen LogP contribution in [0, 0.1) is 0 Å². The van der Waals surface area contributed by atoms with E-state index >= 15 is 0 Å². The number of aromatic nitrogens is 3. The lowest BCUT2D eigenvalue weighted by Crippen LogP contribution is -2.27. The van der Waals surface area contributed by atoms with Crippen molar-refractivity contribution in [2.45, 2.75) is 24.7 Å². The Balaban J connectivity index is 1.30. The van der Waals surface area contributed by atoms with Crippen molar-refractivity contribution < 1.29 is 4.79 Å². The standard InChI is InChI=1S/C29H24N4O2S2/c34-25(31-16-19-8-2-1-3-9-19)18-36-29-32-26-22-11-5-7-13-24(22)37-27(26)28(35)33(29)15-14-20-17-30-23-12-6-4-10-21(20)23/h1-13,17,30H,14-16,18H2,(H,31,34). The Morgan fingerprint density at radius 1 is 0.973 bits per heavy atom. The zero-order valence-electron chi connectivity index (χ0n) is 19.9. The van der Waals surface area contributed by atoms with Gasteiger partial charge in [0.2, 0.25) is 5.91 Å². The van der Waals surface area contributed by atoms with Crippen molar-refractivity contribution in [3.63, 3.8) is 0 Å². The van der Waals surface area contributed by atoms with Gasteiger partial charge in [-0.3, -0.25) is 14.2 Å². The van der Waals surface area contributed by atoms with Crippen molar-refractivity contribution in [1.29, 1.82) is 0 Å². The Morgan fingerprint density at radius 2 is 1.73 bits per heavy atom. The molecule has 6 rings (SSSR count). The molecule has 0 aliphatic rings. The molecule has 3 aromatic heterocycles. The fourth-order valence-electron chi connectivity index (χ4n) is 4.51. The first kappa shape index (κ1) is 23.5. The second kappa shape index (κ2) is 10.2. The summed E-state index contributed by atoms with van der Waals surface area (Å²) in [7, 11) is 0. The number of carbonyl (C=O) groups excluding carboxylic acids is 1. The van der Waals surface area contributed by atoms with Crippen LogP contribution >= 0.6 is 23.1 Å². The Bertz CT molecular complexity index is 1790. The van der Waals surface area contributed by atoms with Crippen LogP contribution in [0.15, 0.2) is 95.0 Å². The summed E-state index contributed by atoms with van der Waals surface area (Å²) in [4.78, 5) is 34.6. The lowest BCUT2D eigenvalue weighted by molar-refractivity contribution is -0.118. The summed E-state index contributed by atoms with van der Waals surface area (Å²) < 4.78 is 3.42. The van der Waals surface area contributed by atoms with Crippen molar-refractivity contribution in [2.24, 2.45) is 0 Å². The minimum Gasteiger partial charge on any atom is -0.361 e. The number of fused-ring (bicyclic) bond motifs is 4. The van der Waals surface area contributed by atoms with Crippen LogP contribution in [0.4, 0.5) is 0 Å². The number of nitrogens with zero attached hydrogens (tertiary/aromatic N) is 2. The molecule has 0 aliphatic heterocycles. The van der Waals surface area contributed by atoms with Gasteiger partial charge in [-0.2, -0.15) is 0 Å². The quantitative estimate of drug-likeness (QED) is 0.196. The van der Waals surface area contributed by atoms with Gasteiger partial charge in [-0.25, -0.2) is 4.98 Å². The largest absolute Gasteiger partial charge is 0.361 e. The summed E-state index contributed by atoms with van der Waals surface area (Å²) in [5.41, 5.74) is 3.92. The topological polar surface area (TPSA) is 79.8 Å². The summed E-state index contributed by atoms with van der Waals surface area (Å²) in [5.74, 6) is 0.0847. The second-order valence-electron chi connectivity index (χ2n) is 8.79. The molecule has 0 radical (unpaired) electrons. The van der Waals surface area contributed by atoms with Crippen LogP contribution in [-0.2, 0) is 24.3 Å². The molecular weight excluding hydrogens is 500 g/mol. The Kier molecular flexibility index (Phi) is 6.51. The first-order chi connectivity index (χ1) is 18.2. The highest BCUT2D eigenvalue weighted by Crippen LogP contribution is 2.32. The minimum atomic E-state index is -0.0958. The monoisotopic (exact) mass is 524 g/mol. The molecule has 0 saturated heterocycles. The molecule has 184 valence electrons. The molecule has 0 atom stereocenters. The molecule has 2 N–H and O–H groups in total. The Labute approximate surface area is 221 Å². The molecule has 0 bridgehead atoms. The van der Waals surface area contributed by atoms with Crippen molar-refractivity contribution in [3.8, 4) is 0 Å². The second-order valence-corrected chi connectivity index (χ2v) is 10.8. The van der Waals surface area contributed by atoms with E-state index in [1.54, 1.807) is 4.57 Å². The third-order valence-electron chi connectivity index (χ3n) is 6.39. The smallest absolute Gasteiger partial charge is 0.272 e. The first-order valence-electron chi connectivity index (χ1n) is 12.1. The number of rotatable bonds is 8. The molecule has 0 saturated carbocycles. The number of benzene rings is 3. The van der Waals surface area contributed by atoms with E-state index in [4.69, 9.17) is 4.98 Å². The lowest BCUT2D eigenvalue weighted by Gasteiger charge is -2.12. The average Bonchev–Trinajstić information content (AvgIpc) is 3.52. The molecule has 3 heterocycles. The van der Waals surface area contributed by atoms with Gasteiger partial charge in [0.05, 0.1) is 11.3 Å².